The van der Waals surface area contributed by atoms with Crippen molar-refractivity contribution in [2.45, 2.75) is 393 Å². The molecule has 0 aromatic heterocycles. The molecule has 14 fully saturated rings. The summed E-state index contributed by atoms with van der Waals surface area (Å²) in [4.78, 5) is 0. The smallest absolute Gasteiger partial charge is 0.187 e. The number of ether oxygens (including phenoxy) is 27. The van der Waals surface area contributed by atoms with Gasteiger partial charge in [0, 0.05) is 0 Å². The van der Waals surface area contributed by atoms with Gasteiger partial charge in [-0.25, -0.2) is 0 Å². The van der Waals surface area contributed by atoms with Crippen molar-refractivity contribution in [1.82, 2.24) is 0 Å². The molecular weight excluding hydrogens is 1980 g/mol. The van der Waals surface area contributed by atoms with E-state index in [1.807, 2.05) is 0 Å². The van der Waals surface area contributed by atoms with Gasteiger partial charge in [0.15, 0.2) is 88.1 Å². The standard InChI is InChI=1S/C78H130O65/c79-1-21-58(37(95)44(102)65(116)129-21)137-74-53(111)39(97)62(26(132-74)12-126-69-48(106)32(90)18(84)6-120-69)141-78-57(115)43(101)64(28(136-78)14-128-71-50(108)34(92)20(86)8-122-71)143-77-56(114)42(100)61(25(135-77)11-125-68-47(105)31(89)17(83)5-119-68)140-73-52(110)38(96)59(22(2-80)130-73)138-75-54(112)40(98)63(27(133-75)13-127-70-49(107)33(91)19(85)7-121-70)142-76-55(113)41(99)60(24(134-76)10-124-67-46(104)30(88)16(82)4-118-67)139-72-51(109)36(94)35(93)23(131-72)9-123-66-45(103)29(87)15(81)3-117-66/h15-116H,1-14H2/t15-,16-,17-,18-,19-,20-,21-,22-,23-,24-,25-,26-,27-,28-,29+,30+,31+,32+,33+,34+,35-,36+,37-,38-,39-,40-,41-,42-,43-,44-,45-,46-,47-,48-,49-,50-,51-,52-,53-,54-,55-,56-,57-,58-,59-,60-,61-,62-,63-,64-,65+,66-,67-,68-,69-,70-,71-,72+,73+,74+,75+,76+,77+,78+/m1/s1. The van der Waals surface area contributed by atoms with Crippen molar-refractivity contribution in [1.29, 1.82) is 0 Å². The third-order valence-electron chi connectivity index (χ3n) is 26.8. The molecule has 0 saturated carbocycles. The Labute approximate surface area is 805 Å². The summed E-state index contributed by atoms with van der Waals surface area (Å²) in [7, 11) is 0. The summed E-state index contributed by atoms with van der Waals surface area (Å²) < 4.78 is 156. The van der Waals surface area contributed by atoms with Gasteiger partial charge in [-0.2, -0.15) is 0 Å². The van der Waals surface area contributed by atoms with Crippen LogP contribution in [0.25, 0.3) is 0 Å². The minimum absolute atomic E-state index is 0.553. The van der Waals surface area contributed by atoms with Crippen molar-refractivity contribution in [3.63, 3.8) is 0 Å². The van der Waals surface area contributed by atoms with Gasteiger partial charge in [-0.05, 0) is 0 Å². The molecule has 0 aromatic rings. The Hall–Kier alpha value is -2.60. The molecule has 38 N–H and O–H groups in total. The molecule has 0 aromatic carbocycles. The monoisotopic (exact) mass is 2110 g/mol. The summed E-state index contributed by atoms with van der Waals surface area (Å²) in [5.41, 5.74) is 0. The molecule has 0 amide bonds. The second-order valence-electron chi connectivity index (χ2n) is 36.8. The van der Waals surface area contributed by atoms with E-state index >= 15 is 0 Å². The van der Waals surface area contributed by atoms with E-state index in [2.05, 4.69) is 0 Å². The summed E-state index contributed by atoms with van der Waals surface area (Å²) in [6.45, 7) is -12.5. The average molecular weight is 2110 g/mol. The summed E-state index contributed by atoms with van der Waals surface area (Å²) in [5.74, 6) is 0. The molecular formula is C78H130O65. The summed E-state index contributed by atoms with van der Waals surface area (Å²) in [5, 5.41) is 421. The van der Waals surface area contributed by atoms with E-state index in [1.54, 1.807) is 0 Å². The summed E-state index contributed by atoms with van der Waals surface area (Å²) in [6.07, 6.45) is -136. The van der Waals surface area contributed by atoms with Gasteiger partial charge in [0.2, 0.25) is 0 Å². The first kappa shape index (κ1) is 116. The molecule has 65 heteroatoms. The van der Waals surface area contributed by atoms with E-state index in [0.29, 0.717) is 0 Å². The highest BCUT2D eigenvalue weighted by molar-refractivity contribution is 5.04. The van der Waals surface area contributed by atoms with E-state index < -0.39 is 486 Å². The van der Waals surface area contributed by atoms with Crippen molar-refractivity contribution in [2.75, 3.05) is 92.5 Å². The molecule has 143 heavy (non-hydrogen) atoms. The number of aliphatic hydroxyl groups is 38. The Bertz CT molecular complexity index is 3800. The van der Waals surface area contributed by atoms with Crippen LogP contribution in [0.1, 0.15) is 0 Å². The van der Waals surface area contributed by atoms with Crippen LogP contribution in [0.2, 0.25) is 0 Å². The van der Waals surface area contributed by atoms with E-state index in [9.17, 15) is 194 Å². The van der Waals surface area contributed by atoms with Crippen molar-refractivity contribution < 1.29 is 322 Å². The predicted molar refractivity (Wildman–Crippen MR) is 424 cm³/mol. The largest absolute Gasteiger partial charge is 0.394 e. The lowest BCUT2D eigenvalue weighted by atomic mass is 9.95. The highest BCUT2D eigenvalue weighted by Crippen LogP contribution is 2.42. The van der Waals surface area contributed by atoms with Crippen LogP contribution in [0.15, 0.2) is 0 Å². The zero-order chi connectivity index (χ0) is 104. The van der Waals surface area contributed by atoms with Gasteiger partial charge < -0.3 is 322 Å². The topological polar surface area (TPSA) is 1020 Å². The van der Waals surface area contributed by atoms with Gasteiger partial charge in [0.25, 0.3) is 0 Å². The quantitative estimate of drug-likeness (QED) is 0.0284. The van der Waals surface area contributed by atoms with Gasteiger partial charge in [-0.3, -0.25) is 0 Å². The lowest BCUT2D eigenvalue weighted by Gasteiger charge is -2.50. The highest BCUT2D eigenvalue weighted by atomic mass is 16.8. The molecule has 0 unspecified atom stereocenters. The molecule has 14 heterocycles. The third kappa shape index (κ3) is 25.5. The van der Waals surface area contributed by atoms with E-state index in [0.717, 1.165) is 0 Å². The van der Waals surface area contributed by atoms with Gasteiger partial charge in [-0.1, -0.05) is 0 Å². The number of rotatable bonds is 34. The molecule has 14 saturated heterocycles. The van der Waals surface area contributed by atoms with Crippen LogP contribution in [-0.4, -0.2) is 680 Å². The Morgan fingerprint density at radius 1 is 0.147 bits per heavy atom. The first-order valence-electron chi connectivity index (χ1n) is 45.7. The van der Waals surface area contributed by atoms with Gasteiger partial charge >= 0.3 is 0 Å². The molecule has 0 bridgehead atoms. The molecule has 14 aliphatic heterocycles. The van der Waals surface area contributed by atoms with E-state index in [1.165, 1.54) is 0 Å². The second-order valence-corrected chi connectivity index (χ2v) is 36.8. The molecule has 0 radical (unpaired) electrons. The summed E-state index contributed by atoms with van der Waals surface area (Å²) >= 11 is 0. The minimum Gasteiger partial charge on any atom is -0.394 e. The van der Waals surface area contributed by atoms with Crippen molar-refractivity contribution in [2.24, 2.45) is 0 Å². The van der Waals surface area contributed by atoms with Gasteiger partial charge in [0.05, 0.1) is 92.5 Å². The maximum absolute atomic E-state index is 12.4. The van der Waals surface area contributed by atoms with Crippen LogP contribution in [0.4, 0.5) is 0 Å². The Morgan fingerprint density at radius 2 is 0.301 bits per heavy atom. The van der Waals surface area contributed by atoms with Crippen LogP contribution >= 0.6 is 0 Å². The van der Waals surface area contributed by atoms with Crippen molar-refractivity contribution >= 4 is 0 Å². The minimum atomic E-state index is -2.60. The molecule has 0 aliphatic carbocycles. The van der Waals surface area contributed by atoms with Gasteiger partial charge in [-0.15, -0.1) is 0 Å². The van der Waals surface area contributed by atoms with Crippen LogP contribution in [0.5, 0.6) is 0 Å². The predicted octanol–water partition coefficient (Wildman–Crippen LogP) is -27.7. The van der Waals surface area contributed by atoms with Crippen molar-refractivity contribution in [3.8, 4) is 0 Å². The number of hydrogen-bond acceptors (Lipinski definition) is 65. The van der Waals surface area contributed by atoms with Crippen LogP contribution < -0.4 is 0 Å². The number of aliphatic hydroxyl groups excluding tert-OH is 38. The maximum Gasteiger partial charge on any atom is 0.187 e. The third-order valence-corrected chi connectivity index (χ3v) is 26.8. The fraction of sp³-hybridized carbons (Fsp3) is 1.00. The normalized spacial score (nSPS) is 54.3. The molecule has 65 nitrogen and oxygen atoms in total. The lowest BCUT2D eigenvalue weighted by molar-refractivity contribution is -0.404. The zero-order valence-electron chi connectivity index (χ0n) is 74.9. The highest BCUT2D eigenvalue weighted by Gasteiger charge is 2.63. The zero-order valence-corrected chi connectivity index (χ0v) is 74.9. The molecule has 0 spiro atoms. The van der Waals surface area contributed by atoms with Gasteiger partial charge in [0.1, 0.15) is 305 Å². The first-order chi connectivity index (χ1) is 67.7. The Kier molecular flexibility index (Phi) is 40.8. The molecule has 14 aliphatic rings. The lowest BCUT2D eigenvalue weighted by Crippen LogP contribution is -2.69. The summed E-state index contributed by atoms with van der Waals surface area (Å²) in [6, 6.07) is 0. The van der Waals surface area contributed by atoms with E-state index in [4.69, 9.17) is 128 Å². The second kappa shape index (κ2) is 50.3. The Morgan fingerprint density at radius 3 is 0.503 bits per heavy atom. The fourth-order valence-electron chi connectivity index (χ4n) is 18.1. The molecule has 832 valence electrons. The van der Waals surface area contributed by atoms with Crippen LogP contribution in [-0.2, 0) is 128 Å². The maximum atomic E-state index is 12.4. The number of hydrogen-bond donors (Lipinski definition) is 38. The first-order valence-corrected chi connectivity index (χ1v) is 45.7. The Balaban J connectivity index is 0.692. The van der Waals surface area contributed by atoms with Crippen LogP contribution in [0.3, 0.4) is 0 Å². The SMILES string of the molecule is OC[C@H]1O[C@H](O)[C@H](O)[C@@H](O)[C@@H]1O[C@@H]1O[C@H](CO[C@H]2OC[C@@H](O)[C@H](O)[C@H]2O)[C@@H](O[C@@H]2O[C@H](CO[C@H]3OC[C@@H](O)[C@H](O)[C@H]3O)[C@@H](O[C@@H]3O[C@H](CO[C@H]4OC[C@@H](O)[C@H](O)[C@H]4O)[C@@H](O[C@@H]4O[C@H](CO)[C@@H](O[C@@H]5O[C@H](CO[C@H]6OC[C@@H](O)[C@H](O)[C@H]6O)[C@@H](O[C@@H]6O[C@H](CO[C@H]7OC[C@@H](O)[C@H](O)[C@H]7O)[C@@H](O[C@@H]7O[C@H](CO[C@H]8OC[C@@H](O)[C@H](O)[C@H]8O)[C@@H](O)[C@H](O)[C@H]7O)[C@H](O)[C@H]6O)[C@H](O)[C@H]5O)[C@H](O)[C@H]4O)[C@H](O)[C@H]3O)[C@H](O)[C@H]2O)[C@H](O)[C@H]1O. The fourth-order valence-corrected chi connectivity index (χ4v) is 18.1. The van der Waals surface area contributed by atoms with Crippen LogP contribution in [0, 0.1) is 0 Å². The molecule has 14 rings (SSSR count). The average Bonchev–Trinajstić information content (AvgIpc) is 0.771. The van der Waals surface area contributed by atoms with E-state index in [-0.39, 0.29) is 0 Å². The molecule has 64 atom stereocenters. The van der Waals surface area contributed by atoms with Crippen molar-refractivity contribution in [3.05, 3.63) is 0 Å².